The van der Waals surface area contributed by atoms with Crippen molar-refractivity contribution < 1.29 is 0 Å². The molecule has 0 aliphatic heterocycles. The van der Waals surface area contributed by atoms with Gasteiger partial charge in [-0.3, -0.25) is 9.38 Å². The second kappa shape index (κ2) is 8.30. The van der Waals surface area contributed by atoms with Crippen LogP contribution in [-0.4, -0.2) is 23.5 Å². The van der Waals surface area contributed by atoms with Crippen LogP contribution in [0.15, 0.2) is 140 Å². The van der Waals surface area contributed by atoms with Crippen LogP contribution in [0.1, 0.15) is 0 Å². The zero-order valence-electron chi connectivity index (χ0n) is 23.0. The minimum absolute atomic E-state index is 0.944. The molecule has 5 aromatic heterocycles. The van der Waals surface area contributed by atoms with E-state index in [2.05, 4.69) is 140 Å². The Bertz CT molecular complexity index is 2710. The van der Waals surface area contributed by atoms with Crippen molar-refractivity contribution in [3.05, 3.63) is 140 Å². The number of nitrogens with zero attached hydrogens (tertiary/aromatic N) is 5. The highest BCUT2D eigenvalue weighted by atomic mass is 15.0. The van der Waals surface area contributed by atoms with Crippen LogP contribution in [-0.2, 0) is 0 Å². The average molecular weight is 550 g/mol. The molecule has 10 aromatic rings. The fourth-order valence-electron chi connectivity index (χ4n) is 7.22. The van der Waals surface area contributed by atoms with Gasteiger partial charge in [-0.05, 0) is 54.6 Å². The molecule has 0 amide bonds. The van der Waals surface area contributed by atoms with Crippen molar-refractivity contribution in [2.24, 2.45) is 0 Å². The molecule has 5 heteroatoms. The van der Waals surface area contributed by atoms with Crippen LogP contribution in [0.2, 0.25) is 0 Å². The highest BCUT2D eigenvalue weighted by Crippen LogP contribution is 2.43. The van der Waals surface area contributed by atoms with E-state index >= 15 is 0 Å². The summed E-state index contributed by atoms with van der Waals surface area (Å²) < 4.78 is 7.06. The maximum atomic E-state index is 4.80. The van der Waals surface area contributed by atoms with E-state index in [1.807, 2.05) is 18.6 Å². The smallest absolute Gasteiger partial charge is 0.145 e. The number of imidazole rings is 1. The second-order valence-corrected chi connectivity index (χ2v) is 11.1. The van der Waals surface area contributed by atoms with E-state index in [1.165, 1.54) is 43.5 Å². The van der Waals surface area contributed by atoms with E-state index in [-0.39, 0.29) is 0 Å². The summed E-state index contributed by atoms with van der Waals surface area (Å²) in [5.41, 5.74) is 9.09. The molecule has 0 N–H and O–H groups in total. The molecule has 0 atom stereocenters. The highest BCUT2D eigenvalue weighted by molar-refractivity contribution is 6.28. The third-order valence-electron chi connectivity index (χ3n) is 8.96. The molecular weight excluding hydrogens is 526 g/mol. The van der Waals surface area contributed by atoms with Gasteiger partial charge in [0.1, 0.15) is 5.65 Å². The van der Waals surface area contributed by atoms with Gasteiger partial charge in [-0.25, -0.2) is 4.98 Å². The summed E-state index contributed by atoms with van der Waals surface area (Å²) in [5.74, 6) is 0. The molecule has 200 valence electrons. The first-order valence-corrected chi connectivity index (χ1v) is 14.5. The minimum atomic E-state index is 0.944. The van der Waals surface area contributed by atoms with Gasteiger partial charge in [-0.1, -0.05) is 60.7 Å². The number of para-hydroxylation sites is 3. The normalized spacial score (nSPS) is 12.2. The molecule has 5 nitrogen and oxygen atoms in total. The number of hydrogen-bond donors (Lipinski definition) is 0. The first kappa shape index (κ1) is 22.7. The van der Waals surface area contributed by atoms with Crippen LogP contribution in [0.5, 0.6) is 0 Å². The Balaban J connectivity index is 1.49. The van der Waals surface area contributed by atoms with E-state index in [0.29, 0.717) is 0 Å². The van der Waals surface area contributed by atoms with Crippen LogP contribution in [0.4, 0.5) is 0 Å². The van der Waals surface area contributed by atoms with E-state index in [9.17, 15) is 0 Å². The quantitative estimate of drug-likeness (QED) is 0.202. The predicted octanol–water partition coefficient (Wildman–Crippen LogP) is 9.23. The molecule has 0 fully saturated rings. The lowest BCUT2D eigenvalue weighted by Gasteiger charge is -2.11. The highest BCUT2D eigenvalue weighted by Gasteiger charge is 2.22. The van der Waals surface area contributed by atoms with Gasteiger partial charge in [0, 0.05) is 73.9 Å². The number of aromatic nitrogens is 5. The molecule has 0 spiro atoms. The van der Waals surface area contributed by atoms with Gasteiger partial charge < -0.3 is 9.13 Å². The molecule has 0 saturated carbocycles. The molecule has 5 aromatic carbocycles. The van der Waals surface area contributed by atoms with Gasteiger partial charge in [0.25, 0.3) is 0 Å². The molecule has 0 bridgehead atoms. The summed E-state index contributed by atoms with van der Waals surface area (Å²) in [6.45, 7) is 0. The fourth-order valence-corrected chi connectivity index (χ4v) is 7.22. The summed E-state index contributed by atoms with van der Waals surface area (Å²) in [6.07, 6.45) is 7.81. The third kappa shape index (κ3) is 2.95. The lowest BCUT2D eigenvalue weighted by molar-refractivity contribution is 1.16. The van der Waals surface area contributed by atoms with Gasteiger partial charge in [0.2, 0.25) is 0 Å². The molecule has 43 heavy (non-hydrogen) atoms. The van der Waals surface area contributed by atoms with Crippen LogP contribution >= 0.6 is 0 Å². The first-order chi connectivity index (χ1) is 21.4. The first-order valence-electron chi connectivity index (χ1n) is 14.5. The maximum absolute atomic E-state index is 4.80. The fraction of sp³-hybridized carbons (Fsp3) is 0. The van der Waals surface area contributed by atoms with Crippen molar-refractivity contribution in [3.8, 4) is 11.4 Å². The summed E-state index contributed by atoms with van der Waals surface area (Å²) in [5, 5.41) is 8.29. The number of benzene rings is 5. The van der Waals surface area contributed by atoms with Gasteiger partial charge >= 0.3 is 0 Å². The summed E-state index contributed by atoms with van der Waals surface area (Å²) >= 11 is 0. The van der Waals surface area contributed by atoms with Crippen molar-refractivity contribution in [2.75, 3.05) is 0 Å². The summed E-state index contributed by atoms with van der Waals surface area (Å²) in [4.78, 5) is 9.31. The van der Waals surface area contributed by atoms with Crippen molar-refractivity contribution in [1.82, 2.24) is 23.5 Å². The molecule has 0 aliphatic carbocycles. The predicted molar refractivity (Wildman–Crippen MR) is 177 cm³/mol. The van der Waals surface area contributed by atoms with Crippen LogP contribution in [0.3, 0.4) is 0 Å². The zero-order valence-corrected chi connectivity index (χ0v) is 23.0. The van der Waals surface area contributed by atoms with Crippen molar-refractivity contribution in [1.29, 1.82) is 0 Å². The Morgan fingerprint density at radius 3 is 2.00 bits per heavy atom. The van der Waals surface area contributed by atoms with Gasteiger partial charge in [-0.15, -0.1) is 0 Å². The molecule has 0 aliphatic rings. The Morgan fingerprint density at radius 1 is 0.465 bits per heavy atom. The number of hydrogen-bond acceptors (Lipinski definition) is 2. The Morgan fingerprint density at radius 2 is 1.19 bits per heavy atom. The molecule has 10 rings (SSSR count). The minimum Gasteiger partial charge on any atom is -0.309 e. The number of fused-ring (bicyclic) bond motifs is 13. The Kier molecular flexibility index (Phi) is 4.39. The molecule has 0 saturated heterocycles. The third-order valence-corrected chi connectivity index (χ3v) is 8.96. The molecular formula is C38H23N5. The van der Waals surface area contributed by atoms with Gasteiger partial charge in [0.05, 0.1) is 27.6 Å². The monoisotopic (exact) mass is 549 g/mol. The van der Waals surface area contributed by atoms with Crippen molar-refractivity contribution >= 4 is 70.9 Å². The number of rotatable bonds is 2. The largest absolute Gasteiger partial charge is 0.309 e. The number of pyridine rings is 2. The maximum Gasteiger partial charge on any atom is 0.145 e. The summed E-state index contributed by atoms with van der Waals surface area (Å²) in [7, 11) is 0. The van der Waals surface area contributed by atoms with Gasteiger partial charge in [0.15, 0.2) is 0 Å². The van der Waals surface area contributed by atoms with Crippen LogP contribution in [0.25, 0.3) is 82.3 Å². The standard InChI is InChI=1S/C38H23N5/c1-3-9-24(10-4-1)42-32-14-8-7-13-26(32)29-21-30-35(22-34(29)42)43(25-11-5-2-6-12-25)33-16-15-27-31-23-39-18-17-28(31)38-40-19-20-41(38)37(27)36(30)33/h1-23H. The summed E-state index contributed by atoms with van der Waals surface area (Å²) in [6, 6.07) is 41.4. The zero-order chi connectivity index (χ0) is 28.1. The Labute approximate surface area is 245 Å². The van der Waals surface area contributed by atoms with Crippen molar-refractivity contribution in [3.63, 3.8) is 0 Å². The average Bonchev–Trinajstić information content (AvgIpc) is 3.77. The second-order valence-electron chi connectivity index (χ2n) is 11.1. The topological polar surface area (TPSA) is 40.1 Å². The van der Waals surface area contributed by atoms with E-state index in [0.717, 1.165) is 38.8 Å². The Hall–Kier alpha value is -5.94. The molecule has 0 unspecified atom stereocenters. The van der Waals surface area contributed by atoms with Crippen LogP contribution in [0, 0.1) is 0 Å². The SMILES string of the molecule is c1ccc(-n2c3ccccc3c3cc4c5c(ccc6c7cnccc7c7nccn7c65)n(-c5ccccc5)c4cc32)cc1. The lowest BCUT2D eigenvalue weighted by atomic mass is 10.0. The van der Waals surface area contributed by atoms with E-state index < -0.39 is 0 Å². The molecule has 5 heterocycles. The molecule has 0 radical (unpaired) electrons. The van der Waals surface area contributed by atoms with Crippen LogP contribution < -0.4 is 0 Å². The van der Waals surface area contributed by atoms with Crippen molar-refractivity contribution in [2.45, 2.75) is 0 Å². The van der Waals surface area contributed by atoms with E-state index in [4.69, 9.17) is 4.98 Å². The van der Waals surface area contributed by atoms with E-state index in [1.54, 1.807) is 0 Å². The van der Waals surface area contributed by atoms with Gasteiger partial charge in [-0.2, -0.15) is 0 Å². The lowest BCUT2D eigenvalue weighted by Crippen LogP contribution is -1.96.